The SMILES string of the molecule is c1ccc2c(-c3nc(-c4ccc5ccc6c7ccccc7ccc6c5c4)nc(-c4cccc5oc6ccccc6c45)n3)cccc2c1. The lowest BCUT2D eigenvalue weighted by Crippen LogP contribution is -2.01. The molecule has 218 valence electrons. The lowest BCUT2D eigenvalue weighted by molar-refractivity contribution is 0.669. The summed E-state index contributed by atoms with van der Waals surface area (Å²) in [6.07, 6.45) is 0. The minimum absolute atomic E-state index is 0.610. The highest BCUT2D eigenvalue weighted by Gasteiger charge is 2.19. The van der Waals surface area contributed by atoms with Crippen molar-refractivity contribution in [2.45, 2.75) is 0 Å². The molecule has 0 saturated heterocycles. The summed E-state index contributed by atoms with van der Waals surface area (Å²) < 4.78 is 6.25. The van der Waals surface area contributed by atoms with E-state index < -0.39 is 0 Å². The van der Waals surface area contributed by atoms with Crippen LogP contribution in [0.15, 0.2) is 156 Å². The van der Waals surface area contributed by atoms with Crippen molar-refractivity contribution >= 4 is 65.0 Å². The van der Waals surface area contributed by atoms with E-state index in [1.807, 2.05) is 30.3 Å². The first-order chi connectivity index (χ1) is 23.3. The molecule has 0 radical (unpaired) electrons. The zero-order chi connectivity index (χ0) is 30.9. The third-order valence-corrected chi connectivity index (χ3v) is 9.31. The molecule has 0 saturated carbocycles. The van der Waals surface area contributed by atoms with Crippen LogP contribution in [-0.2, 0) is 0 Å². The van der Waals surface area contributed by atoms with E-state index in [-0.39, 0.29) is 0 Å². The lowest BCUT2D eigenvalue weighted by Gasteiger charge is -2.12. The molecule has 0 aliphatic rings. The number of furan rings is 1. The van der Waals surface area contributed by atoms with Gasteiger partial charge in [-0.1, -0.05) is 133 Å². The summed E-state index contributed by atoms with van der Waals surface area (Å²) in [5.41, 5.74) is 4.46. The maximum atomic E-state index is 6.25. The Balaban J connectivity index is 1.26. The molecule has 2 aromatic heterocycles. The van der Waals surface area contributed by atoms with E-state index in [1.54, 1.807) is 0 Å². The predicted octanol–water partition coefficient (Wildman–Crippen LogP) is 11.4. The van der Waals surface area contributed by atoms with E-state index in [9.17, 15) is 0 Å². The molecule has 2 heterocycles. The van der Waals surface area contributed by atoms with Crippen molar-refractivity contribution in [1.82, 2.24) is 15.0 Å². The van der Waals surface area contributed by atoms with Gasteiger partial charge in [-0.3, -0.25) is 0 Å². The van der Waals surface area contributed by atoms with Crippen LogP contribution in [0.1, 0.15) is 0 Å². The van der Waals surface area contributed by atoms with Crippen LogP contribution in [0.4, 0.5) is 0 Å². The highest BCUT2D eigenvalue weighted by atomic mass is 16.3. The molecule has 0 atom stereocenters. The van der Waals surface area contributed by atoms with Crippen molar-refractivity contribution in [3.63, 3.8) is 0 Å². The Morgan fingerprint density at radius 3 is 1.74 bits per heavy atom. The maximum absolute atomic E-state index is 6.25. The standard InChI is InChI=1S/C43H25N3O/c1-4-13-31-26(9-1)11-7-15-34(31)42-44-41(45-43(46-42)36-16-8-18-39-40(36)35-14-5-6-17-38(35)47-39)29-20-19-28-22-23-32-30-12-3-2-10-27(30)21-24-33(32)37(28)25-29/h1-25H. The number of benzene rings is 8. The second-order valence-corrected chi connectivity index (χ2v) is 12.0. The summed E-state index contributed by atoms with van der Waals surface area (Å²) in [5, 5.41) is 11.5. The lowest BCUT2D eigenvalue weighted by atomic mass is 9.96. The quantitative estimate of drug-likeness (QED) is 0.190. The molecular weight excluding hydrogens is 574 g/mol. The van der Waals surface area contributed by atoms with Crippen LogP contribution >= 0.6 is 0 Å². The first kappa shape index (κ1) is 25.9. The van der Waals surface area contributed by atoms with Gasteiger partial charge < -0.3 is 4.42 Å². The summed E-state index contributed by atoms with van der Waals surface area (Å²) in [4.78, 5) is 15.5. The molecular formula is C43H25N3O. The van der Waals surface area contributed by atoms with Crippen molar-refractivity contribution in [3.05, 3.63) is 152 Å². The Hall–Kier alpha value is -6.39. The molecule has 10 rings (SSSR count). The van der Waals surface area contributed by atoms with Gasteiger partial charge in [-0.15, -0.1) is 0 Å². The number of rotatable bonds is 3. The Labute approximate surface area is 269 Å². The van der Waals surface area contributed by atoms with Gasteiger partial charge in [-0.05, 0) is 61.3 Å². The van der Waals surface area contributed by atoms with Gasteiger partial charge in [0.1, 0.15) is 11.2 Å². The second-order valence-electron chi connectivity index (χ2n) is 12.0. The monoisotopic (exact) mass is 599 g/mol. The van der Waals surface area contributed by atoms with Crippen molar-refractivity contribution in [3.8, 4) is 34.2 Å². The molecule has 0 spiro atoms. The van der Waals surface area contributed by atoms with Gasteiger partial charge in [0, 0.05) is 27.5 Å². The molecule has 0 aliphatic heterocycles. The largest absolute Gasteiger partial charge is 0.456 e. The van der Waals surface area contributed by atoms with E-state index >= 15 is 0 Å². The van der Waals surface area contributed by atoms with Crippen LogP contribution in [-0.4, -0.2) is 15.0 Å². The Bertz CT molecular complexity index is 2860. The first-order valence-electron chi connectivity index (χ1n) is 15.8. The third-order valence-electron chi connectivity index (χ3n) is 9.31. The van der Waals surface area contributed by atoms with Crippen LogP contribution in [0, 0.1) is 0 Å². The van der Waals surface area contributed by atoms with Crippen LogP contribution in [0.3, 0.4) is 0 Å². The zero-order valence-corrected chi connectivity index (χ0v) is 25.2. The van der Waals surface area contributed by atoms with Crippen LogP contribution in [0.5, 0.6) is 0 Å². The minimum atomic E-state index is 0.610. The molecule has 47 heavy (non-hydrogen) atoms. The Morgan fingerprint density at radius 2 is 0.894 bits per heavy atom. The van der Waals surface area contributed by atoms with Gasteiger partial charge >= 0.3 is 0 Å². The van der Waals surface area contributed by atoms with Crippen LogP contribution < -0.4 is 0 Å². The van der Waals surface area contributed by atoms with Crippen molar-refractivity contribution in [2.75, 3.05) is 0 Å². The topological polar surface area (TPSA) is 51.8 Å². The molecule has 4 heteroatoms. The van der Waals surface area contributed by atoms with E-state index in [0.717, 1.165) is 49.4 Å². The van der Waals surface area contributed by atoms with Gasteiger partial charge in [0.2, 0.25) is 0 Å². The molecule has 4 nitrogen and oxygen atoms in total. The number of hydrogen-bond donors (Lipinski definition) is 0. The summed E-state index contributed by atoms with van der Waals surface area (Å²) in [7, 11) is 0. The first-order valence-corrected chi connectivity index (χ1v) is 15.8. The summed E-state index contributed by atoms with van der Waals surface area (Å²) in [6.45, 7) is 0. The van der Waals surface area contributed by atoms with E-state index in [4.69, 9.17) is 19.4 Å². The fourth-order valence-electron chi connectivity index (χ4n) is 7.08. The Kier molecular flexibility index (Phi) is 5.54. The molecule has 0 amide bonds. The second kappa shape index (κ2) is 10.1. The molecule has 0 bridgehead atoms. The molecule has 0 fully saturated rings. The molecule has 0 aliphatic carbocycles. The smallest absolute Gasteiger partial charge is 0.164 e. The maximum Gasteiger partial charge on any atom is 0.164 e. The number of hydrogen-bond acceptors (Lipinski definition) is 4. The van der Waals surface area contributed by atoms with Gasteiger partial charge in [-0.25, -0.2) is 15.0 Å². The van der Waals surface area contributed by atoms with Gasteiger partial charge in [0.25, 0.3) is 0 Å². The molecule has 0 N–H and O–H groups in total. The average molecular weight is 600 g/mol. The number of para-hydroxylation sites is 1. The van der Waals surface area contributed by atoms with E-state index in [2.05, 4.69) is 121 Å². The van der Waals surface area contributed by atoms with Gasteiger partial charge in [-0.2, -0.15) is 0 Å². The van der Waals surface area contributed by atoms with Crippen molar-refractivity contribution in [2.24, 2.45) is 0 Å². The highest BCUT2D eigenvalue weighted by Crippen LogP contribution is 2.38. The van der Waals surface area contributed by atoms with E-state index in [1.165, 1.54) is 32.3 Å². The number of aromatic nitrogens is 3. The number of nitrogens with zero attached hydrogens (tertiary/aromatic N) is 3. The van der Waals surface area contributed by atoms with Gasteiger partial charge in [0.15, 0.2) is 17.5 Å². The zero-order valence-electron chi connectivity index (χ0n) is 25.2. The summed E-state index contributed by atoms with van der Waals surface area (Å²) >= 11 is 0. The normalized spacial score (nSPS) is 11.8. The van der Waals surface area contributed by atoms with Crippen LogP contribution in [0.25, 0.3) is 99.2 Å². The molecule has 10 aromatic rings. The van der Waals surface area contributed by atoms with Crippen LogP contribution in [0.2, 0.25) is 0 Å². The fourth-order valence-corrected chi connectivity index (χ4v) is 7.08. The number of fused-ring (bicyclic) bond motifs is 9. The summed E-state index contributed by atoms with van der Waals surface area (Å²) in [6, 6.07) is 52.8. The predicted molar refractivity (Wildman–Crippen MR) is 193 cm³/mol. The van der Waals surface area contributed by atoms with E-state index in [0.29, 0.717) is 17.5 Å². The highest BCUT2D eigenvalue weighted by molar-refractivity contribution is 6.18. The molecule has 8 aromatic carbocycles. The Morgan fingerprint density at radius 1 is 0.340 bits per heavy atom. The third kappa shape index (κ3) is 4.05. The summed E-state index contributed by atoms with van der Waals surface area (Å²) in [5.74, 6) is 1.87. The minimum Gasteiger partial charge on any atom is -0.456 e. The average Bonchev–Trinajstić information content (AvgIpc) is 3.53. The fraction of sp³-hybridized carbons (Fsp3) is 0. The van der Waals surface area contributed by atoms with Gasteiger partial charge in [0.05, 0.1) is 0 Å². The molecule has 0 unspecified atom stereocenters. The van der Waals surface area contributed by atoms with Crippen molar-refractivity contribution in [1.29, 1.82) is 0 Å². The van der Waals surface area contributed by atoms with Crippen molar-refractivity contribution < 1.29 is 4.42 Å².